The average molecular weight is 322 g/mol. The predicted octanol–water partition coefficient (Wildman–Crippen LogP) is 2.65. The number of carbonyl (C=O) groups is 3. The molecule has 7 heteroatoms. The maximum Gasteiger partial charge on any atom is 0.516 e. The van der Waals surface area contributed by atoms with Crippen LogP contribution >= 0.6 is 0 Å². The molecule has 124 valence electrons. The van der Waals surface area contributed by atoms with Gasteiger partial charge in [-0.1, -0.05) is 30.3 Å². The second-order valence-electron chi connectivity index (χ2n) is 4.97. The van der Waals surface area contributed by atoms with Crippen LogP contribution in [0.15, 0.2) is 42.2 Å². The molecule has 0 aliphatic carbocycles. The van der Waals surface area contributed by atoms with Crippen LogP contribution in [0.5, 0.6) is 0 Å². The van der Waals surface area contributed by atoms with Crippen LogP contribution in [0.2, 0.25) is 0 Å². The molecule has 0 atom stereocenters. The molecule has 0 heterocycles. The van der Waals surface area contributed by atoms with Crippen LogP contribution in [0.4, 0.5) is 4.79 Å². The van der Waals surface area contributed by atoms with Crippen molar-refractivity contribution in [3.8, 4) is 0 Å². The Kier molecular flexibility index (Phi) is 6.95. The van der Waals surface area contributed by atoms with Crippen molar-refractivity contribution in [1.82, 2.24) is 0 Å². The summed E-state index contributed by atoms with van der Waals surface area (Å²) in [5.74, 6) is -0.970. The average Bonchev–Trinajstić information content (AvgIpc) is 2.53. The summed E-state index contributed by atoms with van der Waals surface area (Å²) in [6, 6.07) is 9.35. The number of carbonyl (C=O) groups excluding carboxylic acids is 3. The molecule has 0 fully saturated rings. The fourth-order valence-corrected chi connectivity index (χ4v) is 1.44. The lowest BCUT2D eigenvalue weighted by Gasteiger charge is -2.22. The Morgan fingerprint density at radius 3 is 2.43 bits per heavy atom. The molecule has 1 aromatic carbocycles. The zero-order chi connectivity index (χ0) is 17.3. The standard InChI is InChI=1S/C16H18O7/c1-12(14(18)22-15(19)20-10-9-17)11-21-23-16(2,3)13-7-5-4-6-8-13/h4-9,11H,10H2,1-3H3. The SMILES string of the molecule is CC(=COOC(C)(C)c1ccccc1)C(=O)OC(=O)OCC=O. The van der Waals surface area contributed by atoms with E-state index in [4.69, 9.17) is 9.78 Å². The molecular weight excluding hydrogens is 304 g/mol. The van der Waals surface area contributed by atoms with Crippen molar-refractivity contribution in [3.63, 3.8) is 0 Å². The van der Waals surface area contributed by atoms with Crippen molar-refractivity contribution in [3.05, 3.63) is 47.7 Å². The summed E-state index contributed by atoms with van der Waals surface area (Å²) in [6.45, 7) is 4.47. The molecule has 0 saturated carbocycles. The third-order valence-electron chi connectivity index (χ3n) is 2.72. The smallest absolute Gasteiger partial charge is 0.426 e. The Morgan fingerprint density at radius 1 is 1.17 bits per heavy atom. The maximum absolute atomic E-state index is 11.5. The normalized spacial score (nSPS) is 11.5. The lowest BCUT2D eigenvalue weighted by Crippen LogP contribution is -2.21. The van der Waals surface area contributed by atoms with Gasteiger partial charge in [-0.05, 0) is 26.3 Å². The molecule has 0 bridgehead atoms. The minimum atomic E-state index is -1.26. The summed E-state index contributed by atoms with van der Waals surface area (Å²) in [5, 5.41) is 0. The molecule has 0 radical (unpaired) electrons. The Labute approximate surface area is 133 Å². The number of benzene rings is 1. The minimum absolute atomic E-state index is 0.0167. The molecule has 0 N–H and O–H groups in total. The summed E-state index contributed by atoms with van der Waals surface area (Å²) in [7, 11) is 0. The second-order valence-corrected chi connectivity index (χ2v) is 4.97. The van der Waals surface area contributed by atoms with Crippen LogP contribution in [0.3, 0.4) is 0 Å². The Hall–Kier alpha value is -2.67. The Morgan fingerprint density at radius 2 is 1.83 bits per heavy atom. The highest BCUT2D eigenvalue weighted by Gasteiger charge is 2.23. The van der Waals surface area contributed by atoms with Gasteiger partial charge in [-0.2, -0.15) is 4.89 Å². The van der Waals surface area contributed by atoms with E-state index in [1.807, 2.05) is 30.3 Å². The second kappa shape index (κ2) is 8.70. The summed E-state index contributed by atoms with van der Waals surface area (Å²) in [4.78, 5) is 42.7. The van der Waals surface area contributed by atoms with E-state index in [2.05, 4.69) is 9.47 Å². The molecule has 1 aromatic rings. The van der Waals surface area contributed by atoms with Crippen LogP contribution in [-0.2, 0) is 34.4 Å². The van der Waals surface area contributed by atoms with E-state index in [0.29, 0.717) is 6.29 Å². The van der Waals surface area contributed by atoms with Gasteiger partial charge in [0.05, 0.1) is 5.57 Å². The van der Waals surface area contributed by atoms with Crippen LogP contribution < -0.4 is 0 Å². The van der Waals surface area contributed by atoms with Gasteiger partial charge in [0.25, 0.3) is 0 Å². The lowest BCUT2D eigenvalue weighted by atomic mass is 9.99. The first-order chi connectivity index (χ1) is 10.9. The Bertz CT molecular complexity index is 575. The summed E-state index contributed by atoms with van der Waals surface area (Å²) < 4.78 is 8.60. The zero-order valence-electron chi connectivity index (χ0n) is 13.1. The van der Waals surface area contributed by atoms with Crippen molar-refractivity contribution in [1.29, 1.82) is 0 Å². The molecule has 23 heavy (non-hydrogen) atoms. The maximum atomic E-state index is 11.5. The van der Waals surface area contributed by atoms with E-state index < -0.39 is 24.3 Å². The van der Waals surface area contributed by atoms with E-state index in [0.717, 1.165) is 11.8 Å². The molecule has 0 unspecified atom stereocenters. The highest BCUT2D eigenvalue weighted by atomic mass is 17.2. The predicted molar refractivity (Wildman–Crippen MR) is 78.9 cm³/mol. The molecular formula is C16H18O7. The molecule has 1 rings (SSSR count). The van der Waals surface area contributed by atoms with E-state index in [1.54, 1.807) is 13.8 Å². The van der Waals surface area contributed by atoms with Gasteiger partial charge in [0.2, 0.25) is 0 Å². The van der Waals surface area contributed by atoms with E-state index in [-0.39, 0.29) is 5.57 Å². The largest absolute Gasteiger partial charge is 0.516 e. The van der Waals surface area contributed by atoms with Gasteiger partial charge in [-0.3, -0.25) is 4.79 Å². The van der Waals surface area contributed by atoms with Gasteiger partial charge in [0.15, 0.2) is 12.9 Å². The van der Waals surface area contributed by atoms with Gasteiger partial charge >= 0.3 is 12.1 Å². The number of esters is 1. The Balaban J connectivity index is 2.51. The molecule has 0 aliphatic rings. The fourth-order valence-electron chi connectivity index (χ4n) is 1.44. The topological polar surface area (TPSA) is 88.1 Å². The van der Waals surface area contributed by atoms with Gasteiger partial charge < -0.3 is 14.4 Å². The molecule has 0 spiro atoms. The monoisotopic (exact) mass is 322 g/mol. The zero-order valence-corrected chi connectivity index (χ0v) is 13.1. The molecule has 0 amide bonds. The molecule has 7 nitrogen and oxygen atoms in total. The first kappa shape index (κ1) is 18.4. The van der Waals surface area contributed by atoms with Gasteiger partial charge in [0.1, 0.15) is 11.9 Å². The van der Waals surface area contributed by atoms with E-state index in [1.165, 1.54) is 6.92 Å². The first-order valence-electron chi connectivity index (χ1n) is 6.76. The highest BCUT2D eigenvalue weighted by molar-refractivity contribution is 5.93. The quantitative estimate of drug-likeness (QED) is 0.145. The van der Waals surface area contributed by atoms with Crippen LogP contribution in [0.1, 0.15) is 26.3 Å². The van der Waals surface area contributed by atoms with E-state index in [9.17, 15) is 14.4 Å². The molecule has 0 aliphatic heterocycles. The minimum Gasteiger partial charge on any atom is -0.426 e. The van der Waals surface area contributed by atoms with Crippen LogP contribution in [0.25, 0.3) is 0 Å². The van der Waals surface area contributed by atoms with Crippen LogP contribution in [-0.4, -0.2) is 25.0 Å². The first-order valence-corrected chi connectivity index (χ1v) is 6.76. The third-order valence-corrected chi connectivity index (χ3v) is 2.72. The van der Waals surface area contributed by atoms with Crippen molar-refractivity contribution in [2.45, 2.75) is 26.4 Å². The number of rotatable bonds is 7. The van der Waals surface area contributed by atoms with Gasteiger partial charge in [0, 0.05) is 0 Å². The van der Waals surface area contributed by atoms with Gasteiger partial charge in [-0.25, -0.2) is 9.59 Å². The highest BCUT2D eigenvalue weighted by Crippen LogP contribution is 2.24. The number of hydrogen-bond acceptors (Lipinski definition) is 7. The summed E-state index contributed by atoms with van der Waals surface area (Å²) in [5.41, 5.74) is 0.119. The fraction of sp³-hybridized carbons (Fsp3) is 0.312. The number of aldehydes is 1. The van der Waals surface area contributed by atoms with E-state index >= 15 is 0 Å². The van der Waals surface area contributed by atoms with Crippen molar-refractivity contribution in [2.75, 3.05) is 6.61 Å². The number of ether oxygens (including phenoxy) is 2. The molecule has 0 saturated heterocycles. The summed E-state index contributed by atoms with van der Waals surface area (Å²) >= 11 is 0. The molecule has 0 aromatic heterocycles. The van der Waals surface area contributed by atoms with Gasteiger partial charge in [-0.15, -0.1) is 0 Å². The third kappa shape index (κ3) is 6.31. The number of hydrogen-bond donors (Lipinski definition) is 0. The van der Waals surface area contributed by atoms with Crippen molar-refractivity contribution < 1.29 is 33.6 Å². The van der Waals surface area contributed by atoms with Crippen molar-refractivity contribution in [2.24, 2.45) is 0 Å². The lowest BCUT2D eigenvalue weighted by molar-refractivity contribution is -0.321. The van der Waals surface area contributed by atoms with Crippen molar-refractivity contribution >= 4 is 18.4 Å². The summed E-state index contributed by atoms with van der Waals surface area (Å²) in [6.07, 6.45) is 0.109. The van der Waals surface area contributed by atoms with Crippen LogP contribution in [0, 0.1) is 0 Å².